The van der Waals surface area contributed by atoms with Crippen LogP contribution in [0.25, 0.3) is 10.8 Å². The molecule has 1 amide bonds. The number of amides is 1. The van der Waals surface area contributed by atoms with Gasteiger partial charge in [-0.05, 0) is 105 Å². The summed E-state index contributed by atoms with van der Waals surface area (Å²) in [5.74, 6) is 0.244. The van der Waals surface area contributed by atoms with Gasteiger partial charge in [0.2, 0.25) is 0 Å². The van der Waals surface area contributed by atoms with Crippen molar-refractivity contribution in [3.63, 3.8) is 0 Å². The molecule has 0 bridgehead atoms. The van der Waals surface area contributed by atoms with E-state index in [2.05, 4.69) is 10.8 Å². The van der Waals surface area contributed by atoms with Crippen LogP contribution in [0, 0.1) is 0 Å². The largest absolute Gasteiger partial charge is 0.444 e. The predicted molar refractivity (Wildman–Crippen MR) is 148 cm³/mol. The Labute approximate surface area is 220 Å². The van der Waals surface area contributed by atoms with E-state index in [1.54, 1.807) is 11.0 Å². The van der Waals surface area contributed by atoms with Crippen LogP contribution < -0.4 is 4.72 Å². The lowest BCUT2D eigenvalue weighted by Crippen LogP contribution is -2.41. The van der Waals surface area contributed by atoms with E-state index in [9.17, 15) is 13.2 Å². The molecule has 0 aromatic heterocycles. The SMILES string of the molecule is CC(C)(C)OC(=O)N1CCC(c2ccc(S(=O)(=O)Nc3ccc4c(c3)CCCC4)c3ccccc23)CC1. The molecule has 0 spiro atoms. The average Bonchev–Trinajstić information content (AvgIpc) is 2.87. The fourth-order valence-electron chi connectivity index (χ4n) is 5.59. The first-order valence-electron chi connectivity index (χ1n) is 13.2. The van der Waals surface area contributed by atoms with Gasteiger partial charge in [0.1, 0.15) is 5.60 Å². The zero-order valence-electron chi connectivity index (χ0n) is 21.9. The molecule has 2 aliphatic rings. The van der Waals surface area contributed by atoms with E-state index < -0.39 is 15.6 Å². The average molecular weight is 521 g/mol. The minimum absolute atomic E-state index is 0.244. The van der Waals surface area contributed by atoms with Crippen LogP contribution in [0.3, 0.4) is 0 Å². The van der Waals surface area contributed by atoms with Crippen molar-refractivity contribution in [3.05, 3.63) is 71.3 Å². The molecule has 0 unspecified atom stereocenters. The molecule has 1 N–H and O–H groups in total. The van der Waals surface area contributed by atoms with Gasteiger partial charge in [-0.25, -0.2) is 13.2 Å². The third-order valence-electron chi connectivity index (χ3n) is 7.39. The van der Waals surface area contributed by atoms with E-state index in [0.29, 0.717) is 18.8 Å². The number of hydrogen-bond acceptors (Lipinski definition) is 4. The Bertz CT molecular complexity index is 1420. The molecule has 1 aliphatic carbocycles. The maximum Gasteiger partial charge on any atom is 0.410 e. The summed E-state index contributed by atoms with van der Waals surface area (Å²) >= 11 is 0. The topological polar surface area (TPSA) is 75.7 Å². The van der Waals surface area contributed by atoms with E-state index in [1.807, 2.05) is 63.2 Å². The van der Waals surface area contributed by atoms with Crippen LogP contribution in [-0.2, 0) is 27.6 Å². The Hall–Kier alpha value is -3.06. The zero-order valence-corrected chi connectivity index (χ0v) is 22.7. The van der Waals surface area contributed by atoms with Crippen LogP contribution in [-0.4, -0.2) is 38.1 Å². The van der Waals surface area contributed by atoms with Gasteiger partial charge in [0.25, 0.3) is 10.0 Å². The summed E-state index contributed by atoms with van der Waals surface area (Å²) in [6, 6.07) is 17.3. The third kappa shape index (κ3) is 5.61. The number of piperidine rings is 1. The molecule has 1 aliphatic heterocycles. The second-order valence-corrected chi connectivity index (χ2v) is 12.9. The maximum atomic E-state index is 13.5. The van der Waals surface area contributed by atoms with Gasteiger partial charge in [0.15, 0.2) is 0 Å². The number of carbonyl (C=O) groups excluding carboxylic acids is 1. The number of likely N-dealkylation sites (tertiary alicyclic amines) is 1. The Balaban J connectivity index is 1.38. The summed E-state index contributed by atoms with van der Waals surface area (Å²) in [5, 5.41) is 1.67. The van der Waals surface area contributed by atoms with Crippen LogP contribution >= 0.6 is 0 Å². The van der Waals surface area contributed by atoms with Crippen molar-refractivity contribution >= 4 is 32.6 Å². The minimum atomic E-state index is -3.77. The summed E-state index contributed by atoms with van der Waals surface area (Å²) in [7, 11) is -3.77. The molecule has 0 saturated carbocycles. The number of ether oxygens (including phenoxy) is 1. The first-order valence-corrected chi connectivity index (χ1v) is 14.7. The standard InChI is InChI=1S/C30H36N2O4S/c1-30(2,3)36-29(33)32-18-16-22(17-19-32)25-14-15-28(27-11-7-6-10-26(25)27)37(34,35)31-24-13-12-21-8-4-5-9-23(21)20-24/h6-7,10-15,20,22,31H,4-5,8-9,16-19H2,1-3H3. The number of sulfonamides is 1. The number of nitrogens with zero attached hydrogens (tertiary/aromatic N) is 1. The van der Waals surface area contributed by atoms with Gasteiger partial charge in [-0.3, -0.25) is 4.72 Å². The highest BCUT2D eigenvalue weighted by Crippen LogP contribution is 2.36. The molecule has 1 saturated heterocycles. The Morgan fingerprint density at radius 2 is 1.59 bits per heavy atom. The zero-order chi connectivity index (χ0) is 26.2. The molecule has 1 heterocycles. The van der Waals surface area contributed by atoms with Crippen molar-refractivity contribution in [1.29, 1.82) is 0 Å². The normalized spacial score (nSPS) is 16.9. The van der Waals surface area contributed by atoms with Crippen molar-refractivity contribution < 1.29 is 17.9 Å². The smallest absolute Gasteiger partial charge is 0.410 e. The highest BCUT2D eigenvalue weighted by Gasteiger charge is 2.29. The molecular weight excluding hydrogens is 484 g/mol. The van der Waals surface area contributed by atoms with Gasteiger partial charge >= 0.3 is 6.09 Å². The number of hydrogen-bond donors (Lipinski definition) is 1. The number of nitrogens with one attached hydrogen (secondary N) is 1. The summed E-state index contributed by atoms with van der Waals surface area (Å²) in [6.45, 7) is 6.86. The van der Waals surface area contributed by atoms with Crippen LogP contribution in [0.5, 0.6) is 0 Å². The second-order valence-electron chi connectivity index (χ2n) is 11.2. The van der Waals surface area contributed by atoms with Gasteiger partial charge in [-0.15, -0.1) is 0 Å². The van der Waals surface area contributed by atoms with Crippen molar-refractivity contribution in [2.24, 2.45) is 0 Å². The number of fused-ring (bicyclic) bond motifs is 2. The molecule has 3 aromatic carbocycles. The fourth-order valence-corrected chi connectivity index (χ4v) is 6.85. The Morgan fingerprint density at radius 3 is 2.30 bits per heavy atom. The van der Waals surface area contributed by atoms with E-state index in [4.69, 9.17) is 4.74 Å². The van der Waals surface area contributed by atoms with Gasteiger partial charge in [0, 0.05) is 24.2 Å². The summed E-state index contributed by atoms with van der Waals surface area (Å²) in [4.78, 5) is 14.5. The van der Waals surface area contributed by atoms with Crippen LogP contribution in [0.1, 0.15) is 69.1 Å². The van der Waals surface area contributed by atoms with Crippen LogP contribution in [0.4, 0.5) is 10.5 Å². The molecule has 1 fully saturated rings. The number of aryl methyl sites for hydroxylation is 2. The minimum Gasteiger partial charge on any atom is -0.444 e. The van der Waals surface area contributed by atoms with Crippen LogP contribution in [0.15, 0.2) is 59.5 Å². The lowest BCUT2D eigenvalue weighted by molar-refractivity contribution is 0.0205. The molecule has 6 nitrogen and oxygen atoms in total. The van der Waals surface area contributed by atoms with Crippen molar-refractivity contribution in [3.8, 4) is 0 Å². The monoisotopic (exact) mass is 520 g/mol. The second kappa shape index (κ2) is 10.0. The first-order chi connectivity index (χ1) is 17.6. The van der Waals surface area contributed by atoms with E-state index in [0.717, 1.165) is 48.4 Å². The molecule has 37 heavy (non-hydrogen) atoms. The predicted octanol–water partition coefficient (Wildman–Crippen LogP) is 6.63. The molecular formula is C30H36N2O4S. The summed E-state index contributed by atoms with van der Waals surface area (Å²) < 4.78 is 35.4. The molecule has 0 radical (unpaired) electrons. The summed E-state index contributed by atoms with van der Waals surface area (Å²) in [5.41, 5.74) is 3.79. The lowest BCUT2D eigenvalue weighted by atomic mass is 9.86. The number of benzene rings is 3. The lowest BCUT2D eigenvalue weighted by Gasteiger charge is -2.34. The van der Waals surface area contributed by atoms with Crippen molar-refractivity contribution in [2.75, 3.05) is 17.8 Å². The van der Waals surface area contributed by atoms with Crippen molar-refractivity contribution in [2.45, 2.75) is 75.7 Å². The molecule has 196 valence electrons. The fraction of sp³-hybridized carbons (Fsp3) is 0.433. The number of anilines is 1. The molecule has 7 heteroatoms. The third-order valence-corrected chi connectivity index (χ3v) is 8.83. The molecule has 3 aromatic rings. The molecule has 0 atom stereocenters. The quantitative estimate of drug-likeness (QED) is 0.419. The van der Waals surface area contributed by atoms with Gasteiger partial charge in [-0.1, -0.05) is 36.4 Å². The Morgan fingerprint density at radius 1 is 0.919 bits per heavy atom. The summed E-state index contributed by atoms with van der Waals surface area (Å²) in [6.07, 6.45) is 5.74. The van der Waals surface area contributed by atoms with Gasteiger partial charge in [-0.2, -0.15) is 0 Å². The number of carbonyl (C=O) groups is 1. The first kappa shape index (κ1) is 25.6. The highest BCUT2D eigenvalue weighted by molar-refractivity contribution is 7.93. The number of rotatable bonds is 4. The van der Waals surface area contributed by atoms with Gasteiger partial charge in [0.05, 0.1) is 4.90 Å². The van der Waals surface area contributed by atoms with Crippen LogP contribution in [0.2, 0.25) is 0 Å². The van der Waals surface area contributed by atoms with E-state index in [1.165, 1.54) is 17.5 Å². The maximum absolute atomic E-state index is 13.5. The van der Waals surface area contributed by atoms with E-state index >= 15 is 0 Å². The molecule has 5 rings (SSSR count). The van der Waals surface area contributed by atoms with Crippen molar-refractivity contribution in [1.82, 2.24) is 4.90 Å². The Kier molecular flexibility index (Phi) is 6.92. The van der Waals surface area contributed by atoms with E-state index in [-0.39, 0.29) is 16.9 Å². The highest BCUT2D eigenvalue weighted by atomic mass is 32.2. The van der Waals surface area contributed by atoms with Gasteiger partial charge < -0.3 is 9.64 Å².